The Balaban J connectivity index is 2.25. The monoisotopic (exact) mass is 200 g/mol. The Morgan fingerprint density at radius 2 is 2.07 bits per heavy atom. The standard InChI is InChI=1S/C11H24N2O/c1-9(2)13(7-10-4-5-10)8-11(14)6-12-3/h9-12,14H,4-8H2,1-3H3. The van der Waals surface area contributed by atoms with E-state index >= 15 is 0 Å². The number of likely N-dealkylation sites (N-methyl/N-ethyl adjacent to an activating group) is 1. The Hall–Kier alpha value is -0.120. The first-order valence-electron chi connectivity index (χ1n) is 5.70. The number of hydrogen-bond donors (Lipinski definition) is 2. The van der Waals surface area contributed by atoms with Crippen LogP contribution >= 0.6 is 0 Å². The topological polar surface area (TPSA) is 35.5 Å². The normalized spacial score (nSPS) is 19.3. The van der Waals surface area contributed by atoms with Crippen LogP contribution in [0.5, 0.6) is 0 Å². The predicted molar refractivity (Wildman–Crippen MR) is 59.4 cm³/mol. The van der Waals surface area contributed by atoms with E-state index in [9.17, 15) is 5.11 Å². The van der Waals surface area contributed by atoms with Gasteiger partial charge in [-0.2, -0.15) is 0 Å². The lowest BCUT2D eigenvalue weighted by molar-refractivity contribution is 0.0929. The Bertz CT molecular complexity index is 157. The molecule has 1 atom stereocenters. The highest BCUT2D eigenvalue weighted by molar-refractivity contribution is 4.80. The van der Waals surface area contributed by atoms with E-state index in [0.29, 0.717) is 12.6 Å². The van der Waals surface area contributed by atoms with Gasteiger partial charge >= 0.3 is 0 Å². The molecule has 0 amide bonds. The average Bonchev–Trinajstić information content (AvgIpc) is 2.87. The molecule has 1 saturated carbocycles. The van der Waals surface area contributed by atoms with E-state index in [4.69, 9.17) is 0 Å². The Morgan fingerprint density at radius 1 is 1.43 bits per heavy atom. The minimum absolute atomic E-state index is 0.235. The predicted octanol–water partition coefficient (Wildman–Crippen LogP) is 0.687. The molecule has 0 bridgehead atoms. The van der Waals surface area contributed by atoms with Crippen molar-refractivity contribution in [3.05, 3.63) is 0 Å². The summed E-state index contributed by atoms with van der Waals surface area (Å²) in [5, 5.41) is 12.7. The van der Waals surface area contributed by atoms with Gasteiger partial charge in [-0.15, -0.1) is 0 Å². The van der Waals surface area contributed by atoms with Crippen LogP contribution in [0.15, 0.2) is 0 Å². The van der Waals surface area contributed by atoms with E-state index < -0.39 is 0 Å². The molecule has 1 unspecified atom stereocenters. The summed E-state index contributed by atoms with van der Waals surface area (Å²) in [5.74, 6) is 0.902. The van der Waals surface area contributed by atoms with Gasteiger partial charge in [0.1, 0.15) is 0 Å². The van der Waals surface area contributed by atoms with Crippen LogP contribution in [0.3, 0.4) is 0 Å². The van der Waals surface area contributed by atoms with Crippen molar-refractivity contribution in [1.82, 2.24) is 10.2 Å². The quantitative estimate of drug-likeness (QED) is 0.634. The van der Waals surface area contributed by atoms with Crippen LogP contribution in [-0.2, 0) is 0 Å². The summed E-state index contributed by atoms with van der Waals surface area (Å²) in [6.45, 7) is 7.06. The number of aliphatic hydroxyl groups is 1. The molecule has 3 heteroatoms. The zero-order chi connectivity index (χ0) is 10.6. The van der Waals surface area contributed by atoms with Crippen LogP contribution in [0.4, 0.5) is 0 Å². The second-order valence-corrected chi connectivity index (χ2v) is 4.70. The largest absolute Gasteiger partial charge is 0.390 e. The van der Waals surface area contributed by atoms with Gasteiger partial charge in [-0.3, -0.25) is 4.90 Å². The number of aliphatic hydroxyl groups excluding tert-OH is 1. The third kappa shape index (κ3) is 4.40. The summed E-state index contributed by atoms with van der Waals surface area (Å²) >= 11 is 0. The molecule has 0 radical (unpaired) electrons. The highest BCUT2D eigenvalue weighted by Gasteiger charge is 2.26. The molecule has 3 nitrogen and oxygen atoms in total. The fourth-order valence-corrected chi connectivity index (χ4v) is 1.70. The summed E-state index contributed by atoms with van der Waals surface area (Å²) in [5.41, 5.74) is 0. The molecule has 0 aromatic rings. The smallest absolute Gasteiger partial charge is 0.0791 e. The lowest BCUT2D eigenvalue weighted by Gasteiger charge is -2.28. The van der Waals surface area contributed by atoms with E-state index in [1.807, 2.05) is 7.05 Å². The second kappa shape index (κ2) is 5.69. The van der Waals surface area contributed by atoms with Crippen molar-refractivity contribution < 1.29 is 5.11 Å². The molecule has 1 aliphatic rings. The number of hydrogen-bond acceptors (Lipinski definition) is 3. The lowest BCUT2D eigenvalue weighted by Crippen LogP contribution is -2.42. The summed E-state index contributed by atoms with van der Waals surface area (Å²) in [6.07, 6.45) is 2.53. The number of nitrogens with one attached hydrogen (secondary N) is 1. The van der Waals surface area contributed by atoms with Crippen molar-refractivity contribution in [2.75, 3.05) is 26.7 Å². The first-order chi connectivity index (χ1) is 6.63. The third-order valence-corrected chi connectivity index (χ3v) is 2.80. The summed E-state index contributed by atoms with van der Waals surface area (Å²) < 4.78 is 0. The molecule has 0 spiro atoms. The molecule has 2 N–H and O–H groups in total. The van der Waals surface area contributed by atoms with E-state index in [2.05, 4.69) is 24.1 Å². The zero-order valence-corrected chi connectivity index (χ0v) is 9.66. The van der Waals surface area contributed by atoms with Gasteiger partial charge in [-0.25, -0.2) is 0 Å². The van der Waals surface area contributed by atoms with Crippen LogP contribution in [0, 0.1) is 5.92 Å². The van der Waals surface area contributed by atoms with Crippen molar-refractivity contribution in [2.24, 2.45) is 5.92 Å². The highest BCUT2D eigenvalue weighted by Crippen LogP contribution is 2.30. The Morgan fingerprint density at radius 3 is 2.50 bits per heavy atom. The summed E-state index contributed by atoms with van der Waals surface area (Å²) in [6, 6.07) is 0.544. The molecule has 1 aliphatic carbocycles. The van der Waals surface area contributed by atoms with Gasteiger partial charge in [-0.1, -0.05) is 0 Å². The van der Waals surface area contributed by atoms with Crippen molar-refractivity contribution in [2.45, 2.75) is 38.8 Å². The van der Waals surface area contributed by atoms with Gasteiger partial charge in [0.05, 0.1) is 6.10 Å². The number of rotatable bonds is 7. The van der Waals surface area contributed by atoms with Gasteiger partial charge in [0.15, 0.2) is 0 Å². The minimum atomic E-state index is -0.235. The van der Waals surface area contributed by atoms with E-state index in [0.717, 1.165) is 12.5 Å². The van der Waals surface area contributed by atoms with E-state index in [1.165, 1.54) is 19.4 Å². The number of nitrogens with zero attached hydrogens (tertiary/aromatic N) is 1. The molecule has 0 aromatic carbocycles. The van der Waals surface area contributed by atoms with Crippen LogP contribution in [0.25, 0.3) is 0 Å². The molecule has 1 rings (SSSR count). The van der Waals surface area contributed by atoms with E-state index in [-0.39, 0.29) is 6.10 Å². The molecular formula is C11H24N2O. The maximum absolute atomic E-state index is 9.70. The van der Waals surface area contributed by atoms with Crippen molar-refractivity contribution in [1.29, 1.82) is 0 Å². The highest BCUT2D eigenvalue weighted by atomic mass is 16.3. The zero-order valence-electron chi connectivity index (χ0n) is 9.66. The Labute approximate surface area is 87.5 Å². The van der Waals surface area contributed by atoms with Gasteiger partial charge in [0.25, 0.3) is 0 Å². The van der Waals surface area contributed by atoms with Gasteiger partial charge in [0.2, 0.25) is 0 Å². The van der Waals surface area contributed by atoms with E-state index in [1.54, 1.807) is 0 Å². The molecular weight excluding hydrogens is 176 g/mol. The Kier molecular flexibility index (Phi) is 4.85. The fraction of sp³-hybridized carbons (Fsp3) is 1.00. The summed E-state index contributed by atoms with van der Waals surface area (Å²) in [7, 11) is 1.88. The third-order valence-electron chi connectivity index (χ3n) is 2.80. The van der Waals surface area contributed by atoms with Gasteiger partial charge in [-0.05, 0) is 39.7 Å². The van der Waals surface area contributed by atoms with Gasteiger partial charge in [0, 0.05) is 25.7 Å². The van der Waals surface area contributed by atoms with Crippen LogP contribution in [-0.4, -0.2) is 48.8 Å². The van der Waals surface area contributed by atoms with Crippen molar-refractivity contribution in [3.63, 3.8) is 0 Å². The SMILES string of the molecule is CNCC(O)CN(CC1CC1)C(C)C. The molecule has 0 aliphatic heterocycles. The first-order valence-corrected chi connectivity index (χ1v) is 5.70. The minimum Gasteiger partial charge on any atom is -0.390 e. The molecule has 0 aromatic heterocycles. The molecule has 14 heavy (non-hydrogen) atoms. The lowest BCUT2D eigenvalue weighted by atomic mass is 10.2. The second-order valence-electron chi connectivity index (χ2n) is 4.70. The molecule has 84 valence electrons. The van der Waals surface area contributed by atoms with Crippen molar-refractivity contribution >= 4 is 0 Å². The van der Waals surface area contributed by atoms with Crippen LogP contribution in [0.2, 0.25) is 0 Å². The summed E-state index contributed by atoms with van der Waals surface area (Å²) in [4.78, 5) is 2.39. The molecule has 1 fully saturated rings. The fourth-order valence-electron chi connectivity index (χ4n) is 1.70. The van der Waals surface area contributed by atoms with Crippen LogP contribution in [0.1, 0.15) is 26.7 Å². The van der Waals surface area contributed by atoms with Gasteiger partial charge < -0.3 is 10.4 Å². The molecule has 0 heterocycles. The molecule has 0 saturated heterocycles. The average molecular weight is 200 g/mol. The maximum atomic E-state index is 9.70. The van der Waals surface area contributed by atoms with Crippen LogP contribution < -0.4 is 5.32 Å². The maximum Gasteiger partial charge on any atom is 0.0791 e. The van der Waals surface area contributed by atoms with Crippen molar-refractivity contribution in [3.8, 4) is 0 Å². The first kappa shape index (κ1) is 12.0.